The molecule has 2 N–H and O–H groups in total. The van der Waals surface area contributed by atoms with Crippen LogP contribution in [0.15, 0.2) is 67.0 Å². The molecule has 1 aliphatic carbocycles. The summed E-state index contributed by atoms with van der Waals surface area (Å²) in [4.78, 5) is 30.2. The minimum atomic E-state index is -0.714. The predicted octanol–water partition coefficient (Wildman–Crippen LogP) is 4.64. The molecule has 5 rings (SSSR count). The highest BCUT2D eigenvalue weighted by Crippen LogP contribution is 2.41. The van der Waals surface area contributed by atoms with Crippen LogP contribution in [0.1, 0.15) is 35.2 Å². The SMILES string of the molecule is COc1ccc(F)c(C(=O)Nc2ccc(C3(NC(=O)Cn4cnc5ccccc54)CCC3)cc2)c1OC. The number of methoxy groups -OCH3 is 2. The Morgan fingerprint density at radius 3 is 2.46 bits per heavy atom. The Labute approximate surface area is 213 Å². The van der Waals surface area contributed by atoms with Crippen LogP contribution in [0, 0.1) is 5.82 Å². The number of benzene rings is 3. The van der Waals surface area contributed by atoms with E-state index in [0.29, 0.717) is 5.69 Å². The number of anilines is 1. The third-order valence-electron chi connectivity index (χ3n) is 6.84. The molecule has 4 aromatic rings. The van der Waals surface area contributed by atoms with Crippen molar-refractivity contribution in [3.8, 4) is 11.5 Å². The van der Waals surface area contributed by atoms with Crippen molar-refractivity contribution in [2.75, 3.05) is 19.5 Å². The lowest BCUT2D eigenvalue weighted by Crippen LogP contribution is -2.51. The van der Waals surface area contributed by atoms with Gasteiger partial charge in [-0.3, -0.25) is 9.59 Å². The van der Waals surface area contributed by atoms with Crippen LogP contribution in [0.5, 0.6) is 11.5 Å². The van der Waals surface area contributed by atoms with Gasteiger partial charge in [-0.2, -0.15) is 0 Å². The van der Waals surface area contributed by atoms with Gasteiger partial charge in [0.05, 0.1) is 37.1 Å². The summed E-state index contributed by atoms with van der Waals surface area (Å²) in [7, 11) is 2.77. The van der Waals surface area contributed by atoms with Gasteiger partial charge in [0.25, 0.3) is 5.91 Å². The zero-order valence-electron chi connectivity index (χ0n) is 20.6. The Hall–Kier alpha value is -4.40. The van der Waals surface area contributed by atoms with E-state index in [1.165, 1.54) is 20.3 Å². The lowest BCUT2D eigenvalue weighted by atomic mass is 9.71. The standard InChI is InChI=1S/C28H27FN4O4/c1-36-23-13-12-20(29)25(26(23)37-2)27(35)31-19-10-8-18(9-11-19)28(14-5-15-28)32-24(34)16-33-17-30-21-6-3-4-7-22(21)33/h3-4,6-13,17H,5,14-16H2,1-2H3,(H,31,35)(H,32,34). The molecule has 1 aromatic heterocycles. The van der Waals surface area contributed by atoms with Gasteiger partial charge in [-0.25, -0.2) is 9.37 Å². The monoisotopic (exact) mass is 502 g/mol. The summed E-state index contributed by atoms with van der Waals surface area (Å²) in [6.07, 6.45) is 4.32. The first kappa shape index (κ1) is 24.3. The van der Waals surface area contributed by atoms with Crippen molar-refractivity contribution in [1.82, 2.24) is 14.9 Å². The predicted molar refractivity (Wildman–Crippen MR) is 137 cm³/mol. The van der Waals surface area contributed by atoms with Crippen molar-refractivity contribution in [2.24, 2.45) is 0 Å². The van der Waals surface area contributed by atoms with E-state index < -0.39 is 17.3 Å². The van der Waals surface area contributed by atoms with Crippen molar-refractivity contribution in [3.05, 3.63) is 83.9 Å². The quantitative estimate of drug-likeness (QED) is 0.366. The van der Waals surface area contributed by atoms with Crippen LogP contribution >= 0.6 is 0 Å². The fourth-order valence-corrected chi connectivity index (χ4v) is 4.79. The number of para-hydroxylation sites is 2. The molecule has 8 nitrogen and oxygen atoms in total. The largest absolute Gasteiger partial charge is 0.493 e. The lowest BCUT2D eigenvalue weighted by Gasteiger charge is -2.43. The summed E-state index contributed by atoms with van der Waals surface area (Å²) in [6, 6.07) is 17.5. The second-order valence-electron chi connectivity index (χ2n) is 9.03. The molecular weight excluding hydrogens is 475 g/mol. The average Bonchev–Trinajstić information content (AvgIpc) is 3.29. The molecule has 1 heterocycles. The summed E-state index contributed by atoms with van der Waals surface area (Å²) in [5.41, 5.74) is 2.50. The minimum Gasteiger partial charge on any atom is -0.493 e. The first-order valence-electron chi connectivity index (χ1n) is 12.0. The fraction of sp³-hybridized carbons (Fsp3) is 0.250. The van der Waals surface area contributed by atoms with E-state index in [4.69, 9.17) is 9.47 Å². The van der Waals surface area contributed by atoms with Crippen LogP contribution in [-0.4, -0.2) is 35.6 Å². The maximum atomic E-state index is 14.5. The number of fused-ring (bicyclic) bond motifs is 1. The first-order valence-corrected chi connectivity index (χ1v) is 12.0. The third kappa shape index (κ3) is 4.60. The average molecular weight is 503 g/mol. The zero-order chi connectivity index (χ0) is 26.0. The maximum absolute atomic E-state index is 14.5. The molecule has 0 spiro atoms. The number of carbonyl (C=O) groups is 2. The van der Waals surface area contributed by atoms with E-state index >= 15 is 0 Å². The number of aromatic nitrogens is 2. The second kappa shape index (κ2) is 9.93. The van der Waals surface area contributed by atoms with E-state index in [-0.39, 0.29) is 29.5 Å². The summed E-state index contributed by atoms with van der Waals surface area (Å²) >= 11 is 0. The topological polar surface area (TPSA) is 94.5 Å². The third-order valence-corrected chi connectivity index (χ3v) is 6.84. The van der Waals surface area contributed by atoms with Crippen LogP contribution in [0.4, 0.5) is 10.1 Å². The number of ether oxygens (including phenoxy) is 2. The van der Waals surface area contributed by atoms with E-state index in [1.807, 2.05) is 41.0 Å². The highest BCUT2D eigenvalue weighted by molar-refractivity contribution is 6.07. The van der Waals surface area contributed by atoms with Crippen molar-refractivity contribution < 1.29 is 23.5 Å². The van der Waals surface area contributed by atoms with Crippen LogP contribution in [0.2, 0.25) is 0 Å². The Morgan fingerprint density at radius 2 is 1.78 bits per heavy atom. The molecule has 3 aromatic carbocycles. The second-order valence-corrected chi connectivity index (χ2v) is 9.03. The molecule has 9 heteroatoms. The molecule has 1 aliphatic rings. The highest BCUT2D eigenvalue weighted by atomic mass is 19.1. The number of carbonyl (C=O) groups excluding carboxylic acids is 2. The normalized spacial score (nSPS) is 14.0. The number of nitrogens with zero attached hydrogens (tertiary/aromatic N) is 2. The number of nitrogens with one attached hydrogen (secondary N) is 2. The summed E-state index contributed by atoms with van der Waals surface area (Å²) in [5, 5.41) is 5.93. The van der Waals surface area contributed by atoms with Crippen molar-refractivity contribution >= 4 is 28.5 Å². The number of rotatable bonds is 8. The summed E-state index contributed by atoms with van der Waals surface area (Å²) in [6.45, 7) is 0.171. The number of hydrogen-bond acceptors (Lipinski definition) is 5. The molecule has 1 fully saturated rings. The van der Waals surface area contributed by atoms with Gasteiger partial charge in [-0.15, -0.1) is 0 Å². The molecule has 0 saturated heterocycles. The van der Waals surface area contributed by atoms with E-state index in [0.717, 1.165) is 41.9 Å². The van der Waals surface area contributed by atoms with E-state index in [1.54, 1.807) is 18.5 Å². The maximum Gasteiger partial charge on any atom is 0.262 e. The van der Waals surface area contributed by atoms with Gasteiger partial charge in [0.1, 0.15) is 17.9 Å². The van der Waals surface area contributed by atoms with Gasteiger partial charge < -0.3 is 24.7 Å². The molecule has 0 bridgehead atoms. The Balaban J connectivity index is 1.30. The molecule has 0 unspecified atom stereocenters. The van der Waals surface area contributed by atoms with Crippen LogP contribution in [-0.2, 0) is 16.9 Å². The Morgan fingerprint density at radius 1 is 1.03 bits per heavy atom. The summed E-state index contributed by atoms with van der Waals surface area (Å²) in [5.74, 6) is -1.18. The van der Waals surface area contributed by atoms with Crippen molar-refractivity contribution in [2.45, 2.75) is 31.3 Å². The number of hydrogen-bond donors (Lipinski definition) is 2. The fourth-order valence-electron chi connectivity index (χ4n) is 4.79. The minimum absolute atomic E-state index is 0.0263. The highest BCUT2D eigenvalue weighted by Gasteiger charge is 2.40. The molecule has 0 radical (unpaired) electrons. The zero-order valence-corrected chi connectivity index (χ0v) is 20.6. The molecule has 1 saturated carbocycles. The van der Waals surface area contributed by atoms with Gasteiger partial charge in [0, 0.05) is 5.69 Å². The Bertz CT molecular complexity index is 1460. The smallest absolute Gasteiger partial charge is 0.262 e. The first-order chi connectivity index (χ1) is 17.9. The number of imidazole rings is 1. The molecule has 190 valence electrons. The van der Waals surface area contributed by atoms with Crippen molar-refractivity contribution in [3.63, 3.8) is 0 Å². The number of halogens is 1. The van der Waals surface area contributed by atoms with Gasteiger partial charge in [0.2, 0.25) is 5.91 Å². The van der Waals surface area contributed by atoms with Gasteiger partial charge in [0.15, 0.2) is 11.5 Å². The number of amides is 2. The molecule has 2 amide bonds. The van der Waals surface area contributed by atoms with Crippen molar-refractivity contribution in [1.29, 1.82) is 0 Å². The van der Waals surface area contributed by atoms with Gasteiger partial charge in [-0.05, 0) is 61.2 Å². The van der Waals surface area contributed by atoms with Crippen LogP contribution in [0.25, 0.3) is 11.0 Å². The Kier molecular flexibility index (Phi) is 6.52. The summed E-state index contributed by atoms with van der Waals surface area (Å²) < 4.78 is 26.7. The lowest BCUT2D eigenvalue weighted by molar-refractivity contribution is -0.124. The van der Waals surface area contributed by atoms with Gasteiger partial charge >= 0.3 is 0 Å². The van der Waals surface area contributed by atoms with Gasteiger partial charge in [-0.1, -0.05) is 24.3 Å². The molecule has 0 atom stereocenters. The molecule has 37 heavy (non-hydrogen) atoms. The molecular formula is C28H27FN4O4. The van der Waals surface area contributed by atoms with E-state index in [2.05, 4.69) is 15.6 Å². The van der Waals surface area contributed by atoms with Crippen LogP contribution in [0.3, 0.4) is 0 Å². The molecule has 0 aliphatic heterocycles. The van der Waals surface area contributed by atoms with Crippen LogP contribution < -0.4 is 20.1 Å². The van der Waals surface area contributed by atoms with E-state index in [9.17, 15) is 14.0 Å².